The van der Waals surface area contributed by atoms with Gasteiger partial charge in [-0.25, -0.2) is 4.79 Å². The number of carbonyl (C=O) groups is 2. The van der Waals surface area contributed by atoms with Crippen molar-refractivity contribution >= 4 is 11.9 Å². The van der Waals surface area contributed by atoms with Crippen molar-refractivity contribution in [2.24, 2.45) is 0 Å². The van der Waals surface area contributed by atoms with Crippen molar-refractivity contribution in [2.75, 3.05) is 27.3 Å². The van der Waals surface area contributed by atoms with Gasteiger partial charge in [-0.05, 0) is 0 Å². The van der Waals surface area contributed by atoms with Crippen LogP contribution in [0.3, 0.4) is 0 Å². The first-order valence-corrected chi connectivity index (χ1v) is 4.79. The van der Waals surface area contributed by atoms with Gasteiger partial charge in [0.2, 0.25) is 0 Å². The van der Waals surface area contributed by atoms with Crippen molar-refractivity contribution in [1.82, 2.24) is 9.80 Å². The Labute approximate surface area is 88.1 Å². The number of aliphatic hydroxyl groups excluding tert-OH is 2. The largest absolute Gasteiger partial charge is 0.396 e. The summed E-state index contributed by atoms with van der Waals surface area (Å²) in [7, 11) is 2.91. The summed E-state index contributed by atoms with van der Waals surface area (Å²) in [4.78, 5) is 25.7. The van der Waals surface area contributed by atoms with Crippen molar-refractivity contribution in [3.8, 4) is 0 Å². The standard InChI is InChI=1S/C9H16N2O4/c1-10-7(14)9(3-5-12,4-6-13)11(2)8(10)15/h12-13H,3-6H2,1-2H3. The van der Waals surface area contributed by atoms with Gasteiger partial charge in [-0.15, -0.1) is 0 Å². The quantitative estimate of drug-likeness (QED) is 0.591. The van der Waals surface area contributed by atoms with Gasteiger partial charge in [0.15, 0.2) is 0 Å². The highest BCUT2D eigenvalue weighted by Crippen LogP contribution is 2.31. The molecule has 0 atom stereocenters. The second-order valence-electron chi connectivity index (χ2n) is 3.68. The lowest BCUT2D eigenvalue weighted by atomic mass is 9.90. The molecule has 0 aromatic carbocycles. The van der Waals surface area contributed by atoms with Crippen molar-refractivity contribution in [1.29, 1.82) is 0 Å². The zero-order chi connectivity index (χ0) is 11.6. The average molecular weight is 216 g/mol. The van der Waals surface area contributed by atoms with Gasteiger partial charge in [0, 0.05) is 40.2 Å². The molecule has 3 amide bonds. The Kier molecular flexibility index (Phi) is 3.31. The van der Waals surface area contributed by atoms with E-state index >= 15 is 0 Å². The monoisotopic (exact) mass is 216 g/mol. The first-order chi connectivity index (χ1) is 7.01. The predicted molar refractivity (Wildman–Crippen MR) is 52.1 cm³/mol. The maximum Gasteiger partial charge on any atom is 0.327 e. The molecule has 0 saturated carbocycles. The Balaban J connectivity index is 3.05. The van der Waals surface area contributed by atoms with Gasteiger partial charge < -0.3 is 15.1 Å². The fraction of sp³-hybridized carbons (Fsp3) is 0.778. The highest BCUT2D eigenvalue weighted by Gasteiger charge is 2.53. The zero-order valence-electron chi connectivity index (χ0n) is 8.93. The van der Waals surface area contributed by atoms with E-state index in [2.05, 4.69) is 0 Å². The number of urea groups is 1. The van der Waals surface area contributed by atoms with Crippen LogP contribution in [0.15, 0.2) is 0 Å². The van der Waals surface area contributed by atoms with Crippen LogP contribution in [-0.2, 0) is 4.79 Å². The molecule has 0 aromatic rings. The Morgan fingerprint density at radius 3 is 1.87 bits per heavy atom. The lowest BCUT2D eigenvalue weighted by Crippen LogP contribution is -2.49. The van der Waals surface area contributed by atoms with Gasteiger partial charge in [0.05, 0.1) is 0 Å². The number of nitrogens with zero attached hydrogens (tertiary/aromatic N) is 2. The summed E-state index contributed by atoms with van der Waals surface area (Å²) in [5.41, 5.74) is -1.07. The van der Waals surface area contributed by atoms with Gasteiger partial charge >= 0.3 is 6.03 Å². The molecule has 0 aliphatic carbocycles. The molecule has 1 rings (SSSR count). The summed E-state index contributed by atoms with van der Waals surface area (Å²) in [6, 6.07) is -0.401. The number of aliphatic hydroxyl groups is 2. The van der Waals surface area contributed by atoms with Crippen LogP contribution in [0.2, 0.25) is 0 Å². The minimum absolute atomic E-state index is 0.152. The molecule has 1 heterocycles. The molecule has 6 nitrogen and oxygen atoms in total. The van der Waals surface area contributed by atoms with Crippen LogP contribution in [0.1, 0.15) is 12.8 Å². The van der Waals surface area contributed by atoms with Gasteiger partial charge in [-0.2, -0.15) is 0 Å². The second-order valence-corrected chi connectivity index (χ2v) is 3.68. The normalized spacial score (nSPS) is 20.3. The number of hydrogen-bond acceptors (Lipinski definition) is 4. The van der Waals surface area contributed by atoms with Crippen LogP contribution < -0.4 is 0 Å². The number of likely N-dealkylation sites (N-methyl/N-ethyl adjacent to an activating group) is 2. The summed E-state index contributed by atoms with van der Waals surface area (Å²) in [5.74, 6) is -0.363. The Hall–Kier alpha value is -1.14. The molecule has 0 unspecified atom stereocenters. The molecular formula is C9H16N2O4. The predicted octanol–water partition coefficient (Wildman–Crippen LogP) is -0.986. The topological polar surface area (TPSA) is 81.1 Å². The third-order valence-corrected chi connectivity index (χ3v) is 2.97. The van der Waals surface area contributed by atoms with Crippen LogP contribution in [0.5, 0.6) is 0 Å². The number of hydrogen-bond donors (Lipinski definition) is 2. The minimum atomic E-state index is -1.07. The molecule has 6 heteroatoms. The van der Waals surface area contributed by atoms with E-state index in [0.29, 0.717) is 0 Å². The van der Waals surface area contributed by atoms with Gasteiger partial charge in [-0.3, -0.25) is 9.69 Å². The van der Waals surface area contributed by atoms with Gasteiger partial charge in [0.1, 0.15) is 5.54 Å². The molecule has 0 aromatic heterocycles. The van der Waals surface area contributed by atoms with E-state index in [1.165, 1.54) is 19.0 Å². The summed E-state index contributed by atoms with van der Waals surface area (Å²) < 4.78 is 0. The summed E-state index contributed by atoms with van der Waals surface area (Å²) >= 11 is 0. The number of amides is 3. The lowest BCUT2D eigenvalue weighted by Gasteiger charge is -2.31. The Morgan fingerprint density at radius 2 is 1.60 bits per heavy atom. The van der Waals surface area contributed by atoms with Crippen LogP contribution >= 0.6 is 0 Å². The van der Waals surface area contributed by atoms with Crippen LogP contribution in [-0.4, -0.2) is 64.8 Å². The molecule has 86 valence electrons. The molecule has 1 aliphatic heterocycles. The number of imide groups is 1. The second kappa shape index (κ2) is 4.16. The van der Waals surface area contributed by atoms with E-state index in [1.807, 2.05) is 0 Å². The van der Waals surface area contributed by atoms with E-state index in [9.17, 15) is 9.59 Å². The van der Waals surface area contributed by atoms with Gasteiger partial charge in [0.25, 0.3) is 5.91 Å². The summed E-state index contributed by atoms with van der Waals surface area (Å²) in [6.07, 6.45) is 0.304. The van der Waals surface area contributed by atoms with E-state index in [-0.39, 0.29) is 32.0 Å². The molecule has 2 N–H and O–H groups in total. The third kappa shape index (κ3) is 1.59. The maximum atomic E-state index is 11.9. The van der Waals surface area contributed by atoms with Crippen molar-refractivity contribution in [2.45, 2.75) is 18.4 Å². The highest BCUT2D eigenvalue weighted by molar-refractivity contribution is 6.06. The molecule has 15 heavy (non-hydrogen) atoms. The van der Waals surface area contributed by atoms with E-state index in [0.717, 1.165) is 4.90 Å². The number of carbonyl (C=O) groups excluding carboxylic acids is 2. The van der Waals surface area contributed by atoms with E-state index < -0.39 is 11.6 Å². The first kappa shape index (κ1) is 11.9. The average Bonchev–Trinajstić information content (AvgIpc) is 2.36. The maximum absolute atomic E-state index is 11.9. The first-order valence-electron chi connectivity index (χ1n) is 4.79. The molecule has 0 spiro atoms. The molecule has 1 aliphatic rings. The van der Waals surface area contributed by atoms with Crippen molar-refractivity contribution in [3.63, 3.8) is 0 Å². The Morgan fingerprint density at radius 1 is 1.13 bits per heavy atom. The fourth-order valence-electron chi connectivity index (χ4n) is 1.99. The summed E-state index contributed by atoms with van der Waals surface area (Å²) in [5, 5.41) is 17.9. The number of rotatable bonds is 4. The Bertz CT molecular complexity index is 273. The molecular weight excluding hydrogens is 200 g/mol. The van der Waals surface area contributed by atoms with Gasteiger partial charge in [-0.1, -0.05) is 0 Å². The lowest BCUT2D eigenvalue weighted by molar-refractivity contribution is -0.133. The smallest absolute Gasteiger partial charge is 0.327 e. The summed E-state index contributed by atoms with van der Waals surface area (Å²) in [6.45, 7) is -0.394. The molecule has 0 bridgehead atoms. The fourth-order valence-corrected chi connectivity index (χ4v) is 1.99. The van der Waals surface area contributed by atoms with Crippen LogP contribution in [0.25, 0.3) is 0 Å². The van der Waals surface area contributed by atoms with Crippen LogP contribution in [0, 0.1) is 0 Å². The van der Waals surface area contributed by atoms with Crippen molar-refractivity contribution in [3.05, 3.63) is 0 Å². The minimum Gasteiger partial charge on any atom is -0.396 e. The highest BCUT2D eigenvalue weighted by atomic mass is 16.3. The van der Waals surface area contributed by atoms with Crippen molar-refractivity contribution < 1.29 is 19.8 Å². The molecule has 0 radical (unpaired) electrons. The molecule has 1 fully saturated rings. The van der Waals surface area contributed by atoms with E-state index in [4.69, 9.17) is 10.2 Å². The van der Waals surface area contributed by atoms with Crippen LogP contribution in [0.4, 0.5) is 4.79 Å². The zero-order valence-corrected chi connectivity index (χ0v) is 8.93. The SMILES string of the molecule is CN1C(=O)N(C)C(CCO)(CCO)C1=O. The molecule has 1 saturated heterocycles. The van der Waals surface area contributed by atoms with E-state index in [1.54, 1.807) is 0 Å². The third-order valence-electron chi connectivity index (χ3n) is 2.97.